The highest BCUT2D eigenvalue weighted by Crippen LogP contribution is 2.24. The highest BCUT2D eigenvalue weighted by atomic mass is 79.9. The summed E-state index contributed by atoms with van der Waals surface area (Å²) in [6.45, 7) is 3.45. The monoisotopic (exact) mass is 331 g/mol. The minimum Gasteiger partial charge on any atom is -0.381 e. The number of hydrogen-bond donors (Lipinski definition) is 1. The predicted octanol–water partition coefficient (Wildman–Crippen LogP) is 3.40. The van der Waals surface area contributed by atoms with Gasteiger partial charge in [-0.2, -0.15) is 0 Å². The normalized spacial score (nSPS) is 18.4. The summed E-state index contributed by atoms with van der Waals surface area (Å²) in [5, 5.41) is 3.68. The first kappa shape index (κ1) is 13.8. The number of ether oxygens (including phenoxy) is 1. The molecule has 0 radical (unpaired) electrons. The van der Waals surface area contributed by atoms with Gasteiger partial charge in [0.1, 0.15) is 0 Å². The number of amides is 1. The maximum absolute atomic E-state index is 12.2. The molecule has 1 saturated heterocycles. The average molecular weight is 333 g/mol. The van der Waals surface area contributed by atoms with E-state index in [1.54, 1.807) is 18.2 Å². The fourth-order valence-corrected chi connectivity index (χ4v) is 2.43. The fourth-order valence-electron chi connectivity index (χ4n) is 1.93. The molecule has 1 heterocycles. The van der Waals surface area contributed by atoms with Crippen LogP contribution in [-0.2, 0) is 4.74 Å². The molecular formula is C13H15BrClNO2. The molecule has 0 aliphatic carbocycles. The van der Waals surface area contributed by atoms with Crippen LogP contribution in [0.4, 0.5) is 0 Å². The van der Waals surface area contributed by atoms with Gasteiger partial charge in [-0.15, -0.1) is 0 Å². The maximum atomic E-state index is 12.2. The molecule has 1 aliphatic heterocycles. The van der Waals surface area contributed by atoms with E-state index in [1.165, 1.54) is 0 Å². The van der Waals surface area contributed by atoms with Crippen molar-refractivity contribution in [3.8, 4) is 0 Å². The standard InChI is InChI=1S/C13H15BrClNO2/c1-13(4-6-18-7-5-13)16-12(17)9-2-3-11(15)10(14)8-9/h2-3,8H,4-7H2,1H3,(H,16,17). The Balaban J connectivity index is 2.09. The molecular weight excluding hydrogens is 318 g/mol. The van der Waals surface area contributed by atoms with Crippen LogP contribution < -0.4 is 5.32 Å². The van der Waals surface area contributed by atoms with Gasteiger partial charge in [0.15, 0.2) is 0 Å². The second-order valence-electron chi connectivity index (χ2n) is 4.76. The topological polar surface area (TPSA) is 38.3 Å². The van der Waals surface area contributed by atoms with Crippen molar-refractivity contribution in [2.75, 3.05) is 13.2 Å². The van der Waals surface area contributed by atoms with E-state index in [0.717, 1.165) is 17.3 Å². The number of benzene rings is 1. The van der Waals surface area contributed by atoms with Gasteiger partial charge in [-0.05, 0) is 53.9 Å². The van der Waals surface area contributed by atoms with E-state index < -0.39 is 0 Å². The first-order chi connectivity index (χ1) is 8.50. The molecule has 18 heavy (non-hydrogen) atoms. The summed E-state index contributed by atoms with van der Waals surface area (Å²) in [6, 6.07) is 5.18. The smallest absolute Gasteiger partial charge is 0.251 e. The van der Waals surface area contributed by atoms with Crippen molar-refractivity contribution < 1.29 is 9.53 Å². The highest BCUT2D eigenvalue weighted by molar-refractivity contribution is 9.10. The molecule has 1 aromatic carbocycles. The minimum absolute atomic E-state index is 0.0724. The Bertz CT molecular complexity index is 458. The number of carbonyl (C=O) groups excluding carboxylic acids is 1. The van der Waals surface area contributed by atoms with Gasteiger partial charge in [-0.25, -0.2) is 0 Å². The molecule has 2 rings (SSSR count). The van der Waals surface area contributed by atoms with Crippen LogP contribution in [0.2, 0.25) is 5.02 Å². The Morgan fingerprint density at radius 1 is 1.44 bits per heavy atom. The zero-order valence-electron chi connectivity index (χ0n) is 10.1. The Morgan fingerprint density at radius 2 is 2.11 bits per heavy atom. The lowest BCUT2D eigenvalue weighted by atomic mass is 9.92. The van der Waals surface area contributed by atoms with E-state index in [-0.39, 0.29) is 11.4 Å². The van der Waals surface area contributed by atoms with Gasteiger partial charge in [-0.1, -0.05) is 11.6 Å². The highest BCUT2D eigenvalue weighted by Gasteiger charge is 2.29. The number of nitrogens with one attached hydrogen (secondary N) is 1. The molecule has 3 nitrogen and oxygen atoms in total. The van der Waals surface area contributed by atoms with Crippen molar-refractivity contribution in [3.63, 3.8) is 0 Å². The largest absolute Gasteiger partial charge is 0.381 e. The SMILES string of the molecule is CC1(NC(=O)c2ccc(Cl)c(Br)c2)CCOCC1. The van der Waals surface area contributed by atoms with Crippen LogP contribution in [0, 0.1) is 0 Å². The third-order valence-electron chi connectivity index (χ3n) is 3.19. The van der Waals surface area contributed by atoms with Gasteiger partial charge >= 0.3 is 0 Å². The average Bonchev–Trinajstić information content (AvgIpc) is 2.33. The molecule has 0 unspecified atom stereocenters. The van der Waals surface area contributed by atoms with Crippen LogP contribution in [0.3, 0.4) is 0 Å². The zero-order valence-corrected chi connectivity index (χ0v) is 12.5. The molecule has 0 atom stereocenters. The van der Waals surface area contributed by atoms with Crippen molar-refractivity contribution in [2.24, 2.45) is 0 Å². The molecule has 1 aromatic rings. The van der Waals surface area contributed by atoms with E-state index in [4.69, 9.17) is 16.3 Å². The summed E-state index contributed by atoms with van der Waals surface area (Å²) in [7, 11) is 0. The lowest BCUT2D eigenvalue weighted by Gasteiger charge is -2.34. The molecule has 0 saturated carbocycles. The molecule has 1 amide bonds. The summed E-state index contributed by atoms with van der Waals surface area (Å²) in [6.07, 6.45) is 1.68. The van der Waals surface area contributed by atoms with Gasteiger partial charge < -0.3 is 10.1 Å². The van der Waals surface area contributed by atoms with Gasteiger partial charge in [-0.3, -0.25) is 4.79 Å². The molecule has 1 fully saturated rings. The number of carbonyl (C=O) groups is 1. The van der Waals surface area contributed by atoms with E-state index in [1.807, 2.05) is 0 Å². The van der Waals surface area contributed by atoms with Crippen molar-refractivity contribution in [2.45, 2.75) is 25.3 Å². The summed E-state index contributed by atoms with van der Waals surface area (Å²) in [5.74, 6) is -0.0724. The number of hydrogen-bond acceptors (Lipinski definition) is 2. The zero-order chi connectivity index (χ0) is 13.2. The maximum Gasteiger partial charge on any atom is 0.251 e. The number of halogens is 2. The van der Waals surface area contributed by atoms with Crippen molar-refractivity contribution in [3.05, 3.63) is 33.3 Å². The van der Waals surface area contributed by atoms with Gasteiger partial charge in [0.05, 0.1) is 5.02 Å². The molecule has 0 bridgehead atoms. The van der Waals surface area contributed by atoms with E-state index in [2.05, 4.69) is 28.2 Å². The van der Waals surface area contributed by atoms with Crippen LogP contribution in [0.25, 0.3) is 0 Å². The molecule has 0 aromatic heterocycles. The Morgan fingerprint density at radius 3 is 2.72 bits per heavy atom. The van der Waals surface area contributed by atoms with Crippen molar-refractivity contribution in [1.29, 1.82) is 0 Å². The fraction of sp³-hybridized carbons (Fsp3) is 0.462. The Kier molecular flexibility index (Phi) is 4.30. The van der Waals surface area contributed by atoms with E-state index in [9.17, 15) is 4.79 Å². The molecule has 1 aliphatic rings. The first-order valence-electron chi connectivity index (χ1n) is 5.85. The lowest BCUT2D eigenvalue weighted by molar-refractivity contribution is 0.0423. The van der Waals surface area contributed by atoms with Crippen LogP contribution in [0.1, 0.15) is 30.1 Å². The molecule has 0 spiro atoms. The van der Waals surface area contributed by atoms with Crippen molar-refractivity contribution in [1.82, 2.24) is 5.32 Å². The minimum atomic E-state index is -0.179. The van der Waals surface area contributed by atoms with Crippen LogP contribution >= 0.6 is 27.5 Å². The third-order valence-corrected chi connectivity index (χ3v) is 4.41. The Hall–Kier alpha value is -0.580. The van der Waals surface area contributed by atoms with Crippen LogP contribution in [0.15, 0.2) is 22.7 Å². The second-order valence-corrected chi connectivity index (χ2v) is 6.02. The lowest BCUT2D eigenvalue weighted by Crippen LogP contribution is -2.49. The van der Waals surface area contributed by atoms with Crippen LogP contribution in [-0.4, -0.2) is 24.7 Å². The summed E-state index contributed by atoms with van der Waals surface area (Å²) < 4.78 is 6.04. The quantitative estimate of drug-likeness (QED) is 0.901. The second kappa shape index (κ2) is 5.59. The molecule has 1 N–H and O–H groups in total. The van der Waals surface area contributed by atoms with Gasteiger partial charge in [0.2, 0.25) is 0 Å². The molecule has 98 valence electrons. The first-order valence-corrected chi connectivity index (χ1v) is 7.03. The van der Waals surface area contributed by atoms with E-state index >= 15 is 0 Å². The summed E-state index contributed by atoms with van der Waals surface area (Å²) >= 11 is 9.23. The summed E-state index contributed by atoms with van der Waals surface area (Å²) in [5.41, 5.74) is 0.431. The predicted molar refractivity (Wildman–Crippen MR) is 75.1 cm³/mol. The molecule has 5 heteroatoms. The van der Waals surface area contributed by atoms with Gasteiger partial charge in [0.25, 0.3) is 5.91 Å². The summed E-state index contributed by atoms with van der Waals surface area (Å²) in [4.78, 5) is 12.2. The Labute approximate surface area is 120 Å². The van der Waals surface area contributed by atoms with Crippen molar-refractivity contribution >= 4 is 33.4 Å². The van der Waals surface area contributed by atoms with Gasteiger partial charge in [0, 0.05) is 28.8 Å². The third kappa shape index (κ3) is 3.25. The van der Waals surface area contributed by atoms with Crippen LogP contribution in [0.5, 0.6) is 0 Å². The van der Waals surface area contributed by atoms with E-state index in [0.29, 0.717) is 23.8 Å². The number of rotatable bonds is 2.